The van der Waals surface area contributed by atoms with Gasteiger partial charge < -0.3 is 19.9 Å². The zero-order valence-corrected chi connectivity index (χ0v) is 16.4. The number of methoxy groups -OCH3 is 1. The Labute approximate surface area is 156 Å². The van der Waals surface area contributed by atoms with E-state index in [1.165, 1.54) is 16.2 Å². The molecule has 0 aromatic heterocycles. The average Bonchev–Trinajstić information content (AvgIpc) is 2.66. The molecule has 1 amide bonds. The van der Waals surface area contributed by atoms with Gasteiger partial charge in [-0.1, -0.05) is 24.3 Å². The number of likely N-dealkylation sites (N-methyl/N-ethyl adjacent to an activating group) is 1. The van der Waals surface area contributed by atoms with Crippen molar-refractivity contribution < 1.29 is 14.4 Å². The van der Waals surface area contributed by atoms with E-state index >= 15 is 0 Å². The van der Waals surface area contributed by atoms with Gasteiger partial charge in [-0.25, -0.2) is 0 Å². The summed E-state index contributed by atoms with van der Waals surface area (Å²) in [4.78, 5) is 16.0. The summed E-state index contributed by atoms with van der Waals surface area (Å²) in [6.45, 7) is 5.76. The highest BCUT2D eigenvalue weighted by Gasteiger charge is 2.24. The van der Waals surface area contributed by atoms with Crippen LogP contribution < -0.4 is 19.9 Å². The summed E-state index contributed by atoms with van der Waals surface area (Å²) in [6, 6.07) is 15.8. The predicted molar refractivity (Wildman–Crippen MR) is 107 cm³/mol. The lowest BCUT2D eigenvalue weighted by molar-refractivity contribution is -0.925. The molecule has 2 atom stereocenters. The molecule has 0 spiro atoms. The number of benzene rings is 2. The third-order valence-electron chi connectivity index (χ3n) is 4.71. The maximum absolute atomic E-state index is 12.7. The minimum absolute atomic E-state index is 0.00346. The van der Waals surface area contributed by atoms with E-state index in [2.05, 4.69) is 41.4 Å². The number of para-hydroxylation sites is 2. The van der Waals surface area contributed by atoms with Gasteiger partial charge in [0, 0.05) is 25.3 Å². The van der Waals surface area contributed by atoms with Gasteiger partial charge in [-0.15, -0.1) is 0 Å². The number of carbonyl (C=O) groups is 1. The van der Waals surface area contributed by atoms with Crippen LogP contribution in [0.1, 0.15) is 19.4 Å². The number of ether oxygens (including phenoxy) is 1. The molecule has 5 heteroatoms. The minimum Gasteiger partial charge on any atom is -0.495 e. The number of carbonyl (C=O) groups excluding carboxylic acids is 1. The topological polar surface area (TPSA) is 46.0 Å². The molecule has 0 aliphatic rings. The van der Waals surface area contributed by atoms with Crippen molar-refractivity contribution in [2.24, 2.45) is 0 Å². The van der Waals surface area contributed by atoms with E-state index in [-0.39, 0.29) is 11.9 Å². The van der Waals surface area contributed by atoms with Crippen LogP contribution in [0.5, 0.6) is 5.75 Å². The van der Waals surface area contributed by atoms with Crippen LogP contribution >= 0.6 is 0 Å². The zero-order valence-electron chi connectivity index (χ0n) is 16.4. The number of amides is 1. The number of hydrogen-bond donors (Lipinski definition) is 2. The lowest BCUT2D eigenvalue weighted by atomic mass is 10.1. The van der Waals surface area contributed by atoms with E-state index in [1.54, 1.807) is 7.11 Å². The van der Waals surface area contributed by atoms with Gasteiger partial charge >= 0.3 is 0 Å². The summed E-state index contributed by atoms with van der Waals surface area (Å²) >= 11 is 0. The van der Waals surface area contributed by atoms with E-state index < -0.39 is 0 Å². The van der Waals surface area contributed by atoms with Crippen molar-refractivity contribution in [3.8, 4) is 5.75 Å². The Kier molecular flexibility index (Phi) is 7.04. The summed E-state index contributed by atoms with van der Waals surface area (Å²) in [5, 5.41) is 2.99. The highest BCUT2D eigenvalue weighted by molar-refractivity contribution is 5.94. The zero-order chi connectivity index (χ0) is 19.1. The number of rotatable bonds is 8. The molecule has 2 rings (SSSR count). The second-order valence-corrected chi connectivity index (χ2v) is 6.66. The average molecular weight is 356 g/mol. The molecule has 0 heterocycles. The first-order chi connectivity index (χ1) is 12.5. The summed E-state index contributed by atoms with van der Waals surface area (Å²) in [6.07, 6.45) is 0. The van der Waals surface area contributed by atoms with Crippen molar-refractivity contribution in [1.82, 2.24) is 0 Å². The number of nitrogens with one attached hydrogen (secondary N) is 2. The van der Waals surface area contributed by atoms with Crippen LogP contribution in [0, 0.1) is 0 Å². The minimum atomic E-state index is -0.168. The van der Waals surface area contributed by atoms with Crippen LogP contribution in [0.3, 0.4) is 0 Å². The second-order valence-electron chi connectivity index (χ2n) is 6.66. The van der Waals surface area contributed by atoms with Gasteiger partial charge in [0.05, 0.1) is 19.3 Å². The summed E-state index contributed by atoms with van der Waals surface area (Å²) < 4.78 is 5.31. The van der Waals surface area contributed by atoms with Crippen molar-refractivity contribution >= 4 is 17.3 Å². The van der Waals surface area contributed by atoms with Crippen molar-refractivity contribution in [1.29, 1.82) is 0 Å². The van der Waals surface area contributed by atoms with Gasteiger partial charge in [0.1, 0.15) is 12.3 Å². The Balaban J connectivity index is 2.04. The molecule has 140 valence electrons. The van der Waals surface area contributed by atoms with Crippen LogP contribution in [0.25, 0.3) is 0 Å². The number of quaternary nitrogens is 1. The molecule has 26 heavy (non-hydrogen) atoms. The highest BCUT2D eigenvalue weighted by Crippen LogP contribution is 2.22. The van der Waals surface area contributed by atoms with Crippen LogP contribution in [0.15, 0.2) is 48.5 Å². The molecule has 0 fully saturated rings. The Bertz CT molecular complexity index is 713. The van der Waals surface area contributed by atoms with Crippen LogP contribution in [0.4, 0.5) is 11.4 Å². The second kappa shape index (κ2) is 9.25. The summed E-state index contributed by atoms with van der Waals surface area (Å²) in [7, 11) is 5.67. The SMILES string of the molecule is CC[NH+](Cc1ccc(N(C)C)cc1)[C@H](C)C(=O)Nc1ccccc1OC. The fourth-order valence-corrected chi connectivity index (χ4v) is 2.93. The van der Waals surface area contributed by atoms with E-state index in [0.29, 0.717) is 11.4 Å². The highest BCUT2D eigenvalue weighted by atomic mass is 16.5. The molecule has 0 radical (unpaired) electrons. The van der Waals surface area contributed by atoms with E-state index in [9.17, 15) is 4.79 Å². The smallest absolute Gasteiger partial charge is 0.282 e. The fraction of sp³-hybridized carbons (Fsp3) is 0.381. The molecule has 0 aliphatic carbocycles. The van der Waals surface area contributed by atoms with Crippen molar-refractivity contribution in [3.63, 3.8) is 0 Å². The predicted octanol–water partition coefficient (Wildman–Crippen LogP) is 2.19. The van der Waals surface area contributed by atoms with Gasteiger partial charge in [0.15, 0.2) is 6.04 Å². The lowest BCUT2D eigenvalue weighted by Gasteiger charge is -2.24. The molecule has 2 N–H and O–H groups in total. The van der Waals surface area contributed by atoms with Crippen molar-refractivity contribution in [3.05, 3.63) is 54.1 Å². The quantitative estimate of drug-likeness (QED) is 0.762. The molecule has 0 bridgehead atoms. The molecule has 2 aromatic rings. The first-order valence-electron chi connectivity index (χ1n) is 9.01. The van der Waals surface area contributed by atoms with Gasteiger partial charge in [0.2, 0.25) is 0 Å². The third-order valence-corrected chi connectivity index (χ3v) is 4.71. The van der Waals surface area contributed by atoms with Crippen LogP contribution in [-0.2, 0) is 11.3 Å². The fourth-order valence-electron chi connectivity index (χ4n) is 2.93. The monoisotopic (exact) mass is 356 g/mol. The Morgan fingerprint density at radius 2 is 1.81 bits per heavy atom. The van der Waals surface area contributed by atoms with Crippen LogP contribution in [-0.4, -0.2) is 39.7 Å². The van der Waals surface area contributed by atoms with Gasteiger partial charge in [-0.05, 0) is 38.1 Å². The molecule has 0 saturated heterocycles. The lowest BCUT2D eigenvalue weighted by Crippen LogP contribution is -3.15. The van der Waals surface area contributed by atoms with Gasteiger partial charge in [-0.2, -0.15) is 0 Å². The standard InChI is InChI=1S/C21H29N3O2/c1-6-24(15-17-11-13-18(14-12-17)23(3)4)16(2)21(25)22-19-9-7-8-10-20(19)26-5/h7-14,16H,6,15H2,1-5H3,(H,22,25)/p+1/t16-/m1/s1. The number of nitrogens with zero attached hydrogens (tertiary/aromatic N) is 1. The molecule has 0 aliphatic heterocycles. The maximum Gasteiger partial charge on any atom is 0.282 e. The van der Waals surface area contributed by atoms with Gasteiger partial charge in [-0.3, -0.25) is 4.79 Å². The molecular weight excluding hydrogens is 326 g/mol. The van der Waals surface area contributed by atoms with E-state index in [4.69, 9.17) is 4.74 Å². The molecule has 0 saturated carbocycles. The first kappa shape index (κ1) is 19.8. The molecule has 2 aromatic carbocycles. The largest absolute Gasteiger partial charge is 0.495 e. The Morgan fingerprint density at radius 1 is 1.15 bits per heavy atom. The van der Waals surface area contributed by atoms with Crippen LogP contribution in [0.2, 0.25) is 0 Å². The third kappa shape index (κ3) is 4.99. The van der Waals surface area contributed by atoms with Gasteiger partial charge in [0.25, 0.3) is 5.91 Å². The number of anilines is 2. The van der Waals surface area contributed by atoms with Crippen molar-refractivity contribution in [2.75, 3.05) is 38.0 Å². The van der Waals surface area contributed by atoms with E-state index in [0.717, 1.165) is 13.1 Å². The molecule has 5 nitrogen and oxygen atoms in total. The van der Waals surface area contributed by atoms with E-state index in [1.807, 2.05) is 45.3 Å². The number of hydrogen-bond acceptors (Lipinski definition) is 3. The molecular formula is C21H30N3O2+. The summed E-state index contributed by atoms with van der Waals surface area (Å²) in [5.74, 6) is 0.668. The van der Waals surface area contributed by atoms with Crippen molar-refractivity contribution in [2.45, 2.75) is 26.4 Å². The molecule has 1 unspecified atom stereocenters. The Morgan fingerprint density at radius 3 is 2.38 bits per heavy atom. The maximum atomic E-state index is 12.7. The first-order valence-corrected chi connectivity index (χ1v) is 9.01. The Hall–Kier alpha value is -2.53. The summed E-state index contributed by atoms with van der Waals surface area (Å²) in [5.41, 5.74) is 3.11. The normalized spacial score (nSPS) is 13.0.